The van der Waals surface area contributed by atoms with Crippen LogP contribution in [-0.4, -0.2) is 23.6 Å². The molecule has 0 saturated heterocycles. The van der Waals surface area contributed by atoms with Gasteiger partial charge in [-0.1, -0.05) is 24.3 Å². The molecule has 15 heavy (non-hydrogen) atoms. The summed E-state index contributed by atoms with van der Waals surface area (Å²) in [6.07, 6.45) is 0.505. The molecule has 3 heteroatoms. The molecule has 0 bridgehead atoms. The summed E-state index contributed by atoms with van der Waals surface area (Å²) in [7, 11) is 1.83. The third-order valence-electron chi connectivity index (χ3n) is 2.42. The van der Waals surface area contributed by atoms with E-state index < -0.39 is 0 Å². The predicted octanol–water partition coefficient (Wildman–Crippen LogP) is 2.27. The maximum absolute atomic E-state index is 11.5. The summed E-state index contributed by atoms with van der Waals surface area (Å²) < 4.78 is 0. The Hall–Kier alpha value is -0.960. The molecule has 0 saturated carbocycles. The summed E-state index contributed by atoms with van der Waals surface area (Å²) >= 11 is 4.05. The SMILES string of the molecule is Cc1ccccc1CN(C)C(=O)CCS. The lowest BCUT2D eigenvalue weighted by Crippen LogP contribution is -2.26. The number of rotatable bonds is 4. The van der Waals surface area contributed by atoms with Gasteiger partial charge in [0.15, 0.2) is 0 Å². The molecule has 0 spiro atoms. The van der Waals surface area contributed by atoms with Gasteiger partial charge in [0.25, 0.3) is 0 Å². The topological polar surface area (TPSA) is 20.3 Å². The summed E-state index contributed by atoms with van der Waals surface area (Å²) in [5, 5.41) is 0. The maximum atomic E-state index is 11.5. The molecule has 1 amide bonds. The smallest absolute Gasteiger partial charge is 0.223 e. The summed E-state index contributed by atoms with van der Waals surface area (Å²) in [6, 6.07) is 8.12. The lowest BCUT2D eigenvalue weighted by molar-refractivity contribution is -0.129. The number of nitrogens with zero attached hydrogens (tertiary/aromatic N) is 1. The molecular weight excluding hydrogens is 206 g/mol. The van der Waals surface area contributed by atoms with E-state index in [1.54, 1.807) is 4.90 Å². The van der Waals surface area contributed by atoms with Gasteiger partial charge >= 0.3 is 0 Å². The van der Waals surface area contributed by atoms with Crippen LogP contribution in [0.3, 0.4) is 0 Å². The summed E-state index contributed by atoms with van der Waals surface area (Å²) in [5.74, 6) is 0.755. The average molecular weight is 223 g/mol. The number of carbonyl (C=O) groups is 1. The predicted molar refractivity (Wildman–Crippen MR) is 66.1 cm³/mol. The van der Waals surface area contributed by atoms with Gasteiger partial charge in [-0.05, 0) is 23.8 Å². The van der Waals surface area contributed by atoms with Gasteiger partial charge in [0.2, 0.25) is 5.91 Å². The summed E-state index contributed by atoms with van der Waals surface area (Å²) in [5.41, 5.74) is 2.43. The van der Waals surface area contributed by atoms with E-state index in [1.165, 1.54) is 11.1 Å². The van der Waals surface area contributed by atoms with Crippen LogP contribution in [0, 0.1) is 6.92 Å². The van der Waals surface area contributed by atoms with Gasteiger partial charge in [0.1, 0.15) is 0 Å². The van der Waals surface area contributed by atoms with Crippen molar-refractivity contribution < 1.29 is 4.79 Å². The number of carbonyl (C=O) groups excluding carboxylic acids is 1. The molecule has 0 aromatic heterocycles. The van der Waals surface area contributed by atoms with Crippen molar-refractivity contribution in [2.45, 2.75) is 19.9 Å². The second kappa shape index (κ2) is 5.81. The Labute approximate surface area is 96.7 Å². The van der Waals surface area contributed by atoms with Crippen LogP contribution in [-0.2, 0) is 11.3 Å². The van der Waals surface area contributed by atoms with E-state index in [9.17, 15) is 4.79 Å². The first-order valence-corrected chi connectivity index (χ1v) is 5.67. The molecule has 0 radical (unpaired) electrons. The van der Waals surface area contributed by atoms with E-state index in [4.69, 9.17) is 0 Å². The molecule has 0 aliphatic rings. The highest BCUT2D eigenvalue weighted by Gasteiger charge is 2.08. The van der Waals surface area contributed by atoms with Gasteiger partial charge in [0, 0.05) is 20.0 Å². The fourth-order valence-electron chi connectivity index (χ4n) is 1.42. The van der Waals surface area contributed by atoms with Crippen LogP contribution in [0.4, 0.5) is 0 Å². The molecule has 0 aliphatic heterocycles. The second-order valence-corrected chi connectivity index (χ2v) is 4.10. The molecule has 0 atom stereocenters. The Kier molecular flexibility index (Phi) is 4.69. The first-order valence-electron chi connectivity index (χ1n) is 5.04. The summed E-state index contributed by atoms with van der Waals surface area (Å²) in [4.78, 5) is 13.3. The van der Waals surface area contributed by atoms with E-state index >= 15 is 0 Å². The van der Waals surface area contributed by atoms with Crippen LogP contribution >= 0.6 is 12.6 Å². The van der Waals surface area contributed by atoms with E-state index in [2.05, 4.69) is 31.7 Å². The van der Waals surface area contributed by atoms with Crippen molar-refractivity contribution >= 4 is 18.5 Å². The molecular formula is C12H17NOS. The first-order chi connectivity index (χ1) is 7.15. The monoisotopic (exact) mass is 223 g/mol. The molecule has 0 fully saturated rings. The molecule has 1 aromatic carbocycles. The highest BCUT2D eigenvalue weighted by molar-refractivity contribution is 7.80. The Balaban J connectivity index is 2.62. The van der Waals surface area contributed by atoms with E-state index in [0.717, 1.165) is 0 Å². The van der Waals surface area contributed by atoms with E-state index in [1.807, 2.05) is 19.2 Å². The molecule has 0 heterocycles. The maximum Gasteiger partial charge on any atom is 0.223 e. The van der Waals surface area contributed by atoms with Crippen LogP contribution in [0.25, 0.3) is 0 Å². The molecule has 0 unspecified atom stereocenters. The molecule has 1 rings (SSSR count). The van der Waals surface area contributed by atoms with Crippen LogP contribution in [0.2, 0.25) is 0 Å². The van der Waals surface area contributed by atoms with Crippen molar-refractivity contribution in [2.75, 3.05) is 12.8 Å². The zero-order valence-corrected chi connectivity index (χ0v) is 10.1. The summed E-state index contributed by atoms with van der Waals surface area (Å²) in [6.45, 7) is 2.74. The van der Waals surface area contributed by atoms with Gasteiger partial charge in [0.05, 0.1) is 0 Å². The third-order valence-corrected chi connectivity index (χ3v) is 2.64. The number of aryl methyl sites for hydroxylation is 1. The molecule has 0 N–H and O–H groups in total. The number of thiol groups is 1. The fraction of sp³-hybridized carbons (Fsp3) is 0.417. The third kappa shape index (κ3) is 3.59. The number of amides is 1. The minimum absolute atomic E-state index is 0.147. The Bertz CT molecular complexity index is 338. The van der Waals surface area contributed by atoms with Gasteiger partial charge in [-0.3, -0.25) is 4.79 Å². The first kappa shape index (κ1) is 12.1. The minimum atomic E-state index is 0.147. The highest BCUT2D eigenvalue weighted by Crippen LogP contribution is 2.10. The molecule has 1 aromatic rings. The zero-order chi connectivity index (χ0) is 11.3. The quantitative estimate of drug-likeness (QED) is 0.776. The number of benzene rings is 1. The van der Waals surface area contributed by atoms with Crippen molar-refractivity contribution in [3.8, 4) is 0 Å². The molecule has 82 valence electrons. The van der Waals surface area contributed by atoms with Crippen molar-refractivity contribution in [3.05, 3.63) is 35.4 Å². The van der Waals surface area contributed by atoms with Crippen molar-refractivity contribution in [3.63, 3.8) is 0 Å². The van der Waals surface area contributed by atoms with Gasteiger partial charge in [-0.15, -0.1) is 0 Å². The van der Waals surface area contributed by atoms with Crippen molar-refractivity contribution in [1.82, 2.24) is 4.90 Å². The normalized spacial score (nSPS) is 10.1. The molecule has 2 nitrogen and oxygen atoms in total. The Morgan fingerprint density at radius 2 is 2.07 bits per heavy atom. The van der Waals surface area contributed by atoms with Gasteiger partial charge in [-0.25, -0.2) is 0 Å². The fourth-order valence-corrected chi connectivity index (χ4v) is 1.61. The van der Waals surface area contributed by atoms with Gasteiger partial charge < -0.3 is 4.90 Å². The Morgan fingerprint density at radius 3 is 2.67 bits per heavy atom. The average Bonchev–Trinajstić information content (AvgIpc) is 2.21. The van der Waals surface area contributed by atoms with Gasteiger partial charge in [-0.2, -0.15) is 12.6 Å². The van der Waals surface area contributed by atoms with Crippen LogP contribution < -0.4 is 0 Å². The zero-order valence-electron chi connectivity index (χ0n) is 9.23. The molecule has 0 aliphatic carbocycles. The highest BCUT2D eigenvalue weighted by atomic mass is 32.1. The standard InChI is InChI=1S/C12H17NOS/c1-10-5-3-4-6-11(10)9-13(2)12(14)7-8-15/h3-6,15H,7-9H2,1-2H3. The lowest BCUT2D eigenvalue weighted by atomic mass is 10.1. The lowest BCUT2D eigenvalue weighted by Gasteiger charge is -2.18. The number of hydrogen-bond donors (Lipinski definition) is 1. The largest absolute Gasteiger partial charge is 0.341 e. The van der Waals surface area contributed by atoms with E-state index in [0.29, 0.717) is 18.7 Å². The van der Waals surface area contributed by atoms with Crippen molar-refractivity contribution in [2.24, 2.45) is 0 Å². The second-order valence-electron chi connectivity index (χ2n) is 3.65. The van der Waals surface area contributed by atoms with Crippen molar-refractivity contribution in [1.29, 1.82) is 0 Å². The van der Waals surface area contributed by atoms with Crippen LogP contribution in [0.1, 0.15) is 17.5 Å². The Morgan fingerprint density at radius 1 is 1.40 bits per heavy atom. The number of hydrogen-bond acceptors (Lipinski definition) is 2. The van der Waals surface area contributed by atoms with E-state index in [-0.39, 0.29) is 5.91 Å². The minimum Gasteiger partial charge on any atom is -0.341 e. The van der Waals surface area contributed by atoms with Crippen LogP contribution in [0.15, 0.2) is 24.3 Å². The van der Waals surface area contributed by atoms with Crippen LogP contribution in [0.5, 0.6) is 0 Å².